The number of nitrogens with zero attached hydrogens (tertiary/aromatic N) is 2. The molecule has 2 atom stereocenters. The standard InChI is InChI=1S/C19H19F5N4O5S/c1-32-16-12(4-3-11(20)15(16)21)28-9-18(33-2,19(22,23)24)8-13(28)17(29)27-10-5-6-26-14(7-10)34(25,30)31/h3-7,13H,8-9H2,1-2H3,(H2,25,30,31)(H,26,27,29)/i2D3. The lowest BCUT2D eigenvalue weighted by Crippen LogP contribution is -2.49. The van der Waals surface area contributed by atoms with Gasteiger partial charge in [-0.3, -0.25) is 4.79 Å². The molecule has 34 heavy (non-hydrogen) atoms. The average Bonchev–Trinajstić information content (AvgIpc) is 3.14. The van der Waals surface area contributed by atoms with Crippen LogP contribution < -0.4 is 20.1 Å². The van der Waals surface area contributed by atoms with Gasteiger partial charge in [0.05, 0.1) is 23.5 Å². The predicted octanol–water partition coefficient (Wildman–Crippen LogP) is 2.18. The average molecular weight is 513 g/mol. The Morgan fingerprint density at radius 2 is 2.06 bits per heavy atom. The molecular formula is C19H19F5N4O5S. The number of carbonyl (C=O) groups is 1. The quantitative estimate of drug-likeness (QED) is 0.568. The maximum Gasteiger partial charge on any atom is 0.419 e. The maximum atomic E-state index is 14.4. The minimum absolute atomic E-state index is 0.234. The first-order valence-corrected chi connectivity index (χ1v) is 10.8. The van der Waals surface area contributed by atoms with E-state index >= 15 is 0 Å². The van der Waals surface area contributed by atoms with E-state index < -0.39 is 81.9 Å². The van der Waals surface area contributed by atoms with Crippen LogP contribution >= 0.6 is 0 Å². The summed E-state index contributed by atoms with van der Waals surface area (Å²) in [6.07, 6.45) is -5.66. The van der Waals surface area contributed by atoms with E-state index in [9.17, 15) is 35.2 Å². The summed E-state index contributed by atoms with van der Waals surface area (Å²) < 4.78 is 125. The molecule has 0 radical (unpaired) electrons. The summed E-state index contributed by atoms with van der Waals surface area (Å²) in [6.45, 7) is -1.31. The summed E-state index contributed by atoms with van der Waals surface area (Å²) in [5.41, 5.74) is -4.18. The van der Waals surface area contributed by atoms with E-state index in [2.05, 4.69) is 15.0 Å². The van der Waals surface area contributed by atoms with Gasteiger partial charge < -0.3 is 19.7 Å². The lowest BCUT2D eigenvalue weighted by molar-refractivity contribution is -0.261. The molecule has 0 aliphatic carbocycles. The molecule has 0 bridgehead atoms. The summed E-state index contributed by atoms with van der Waals surface area (Å²) in [7, 11) is -6.95. The van der Waals surface area contributed by atoms with E-state index in [0.717, 1.165) is 31.5 Å². The van der Waals surface area contributed by atoms with Gasteiger partial charge in [-0.25, -0.2) is 22.9 Å². The van der Waals surface area contributed by atoms with E-state index in [-0.39, 0.29) is 5.69 Å². The van der Waals surface area contributed by atoms with Gasteiger partial charge in [-0.15, -0.1) is 0 Å². The van der Waals surface area contributed by atoms with Crippen molar-refractivity contribution in [2.24, 2.45) is 5.14 Å². The second kappa shape index (κ2) is 8.96. The van der Waals surface area contributed by atoms with Gasteiger partial charge in [0.25, 0.3) is 10.0 Å². The van der Waals surface area contributed by atoms with E-state index in [1.807, 2.05) is 0 Å². The monoisotopic (exact) mass is 513 g/mol. The molecule has 1 aliphatic heterocycles. The third kappa shape index (κ3) is 4.63. The number of rotatable bonds is 6. The number of hydrogen-bond acceptors (Lipinski definition) is 7. The summed E-state index contributed by atoms with van der Waals surface area (Å²) in [4.78, 5) is 17.3. The third-order valence-corrected chi connectivity index (χ3v) is 5.98. The third-order valence-electron chi connectivity index (χ3n) is 5.18. The maximum absolute atomic E-state index is 14.4. The van der Waals surface area contributed by atoms with Crippen molar-refractivity contribution in [3.8, 4) is 5.75 Å². The highest BCUT2D eigenvalue weighted by Crippen LogP contribution is 2.47. The van der Waals surface area contributed by atoms with Crippen LogP contribution in [0.4, 0.5) is 33.3 Å². The number of alkyl halides is 3. The van der Waals surface area contributed by atoms with Crippen molar-refractivity contribution >= 4 is 27.3 Å². The fourth-order valence-corrected chi connectivity index (χ4v) is 4.01. The molecule has 186 valence electrons. The molecule has 9 nitrogen and oxygen atoms in total. The fraction of sp³-hybridized carbons (Fsp3) is 0.368. The van der Waals surface area contributed by atoms with Crippen LogP contribution in [0.5, 0.6) is 5.75 Å². The molecule has 1 amide bonds. The Morgan fingerprint density at radius 1 is 1.35 bits per heavy atom. The largest absolute Gasteiger partial charge is 0.491 e. The number of nitrogens with two attached hydrogens (primary N) is 1. The Hall–Kier alpha value is -3.04. The topological polar surface area (TPSA) is 124 Å². The van der Waals surface area contributed by atoms with Gasteiger partial charge in [0, 0.05) is 31.4 Å². The molecule has 3 N–H and O–H groups in total. The molecule has 0 spiro atoms. The number of anilines is 2. The van der Waals surface area contributed by atoms with Crippen LogP contribution in [-0.4, -0.2) is 57.8 Å². The second-order valence-electron chi connectivity index (χ2n) is 7.27. The van der Waals surface area contributed by atoms with E-state index in [1.54, 1.807) is 0 Å². The van der Waals surface area contributed by atoms with Crippen molar-refractivity contribution in [1.29, 1.82) is 0 Å². The van der Waals surface area contributed by atoms with Crippen molar-refractivity contribution < 1.29 is 48.8 Å². The Balaban J connectivity index is 2.12. The first-order valence-electron chi connectivity index (χ1n) is 10.7. The molecule has 2 aromatic rings. The molecule has 15 heteroatoms. The highest BCUT2D eigenvalue weighted by molar-refractivity contribution is 7.89. The first kappa shape index (κ1) is 21.5. The Bertz CT molecular complexity index is 1310. The number of hydrogen-bond donors (Lipinski definition) is 2. The van der Waals surface area contributed by atoms with Gasteiger partial charge in [0.1, 0.15) is 6.04 Å². The smallest absolute Gasteiger partial charge is 0.419 e. The Kier molecular flexibility index (Phi) is 5.66. The van der Waals surface area contributed by atoms with Crippen molar-refractivity contribution in [1.82, 2.24) is 4.98 Å². The van der Waals surface area contributed by atoms with Gasteiger partial charge in [-0.2, -0.15) is 17.6 Å². The Labute approximate surface area is 194 Å². The van der Waals surface area contributed by atoms with Crippen LogP contribution in [0.1, 0.15) is 10.5 Å². The number of ether oxygens (including phenoxy) is 2. The minimum Gasteiger partial charge on any atom is -0.491 e. The molecule has 1 aromatic heterocycles. The predicted molar refractivity (Wildman–Crippen MR) is 109 cm³/mol. The number of carbonyl (C=O) groups excluding carboxylic acids is 1. The number of benzene rings is 1. The van der Waals surface area contributed by atoms with Gasteiger partial charge in [0.15, 0.2) is 22.2 Å². The zero-order valence-corrected chi connectivity index (χ0v) is 18.0. The zero-order valence-electron chi connectivity index (χ0n) is 20.2. The van der Waals surface area contributed by atoms with Gasteiger partial charge in [-0.1, -0.05) is 0 Å². The van der Waals surface area contributed by atoms with Crippen molar-refractivity contribution in [2.75, 3.05) is 30.9 Å². The van der Waals surface area contributed by atoms with Gasteiger partial charge in [0.2, 0.25) is 11.7 Å². The van der Waals surface area contributed by atoms with Crippen molar-refractivity contribution in [3.63, 3.8) is 0 Å². The summed E-state index contributed by atoms with van der Waals surface area (Å²) in [5, 5.41) is 6.53. The number of pyridine rings is 1. The molecule has 1 saturated heterocycles. The van der Waals surface area contributed by atoms with Crippen LogP contribution in [0.25, 0.3) is 0 Å². The lowest BCUT2D eigenvalue weighted by Gasteiger charge is -2.31. The van der Waals surface area contributed by atoms with Crippen molar-refractivity contribution in [3.05, 3.63) is 42.1 Å². The minimum atomic E-state index is -5.34. The molecule has 1 aliphatic rings. The van der Waals surface area contributed by atoms with Crippen LogP contribution in [0.3, 0.4) is 0 Å². The van der Waals surface area contributed by atoms with Gasteiger partial charge >= 0.3 is 6.18 Å². The number of nitrogens with one attached hydrogen (secondary N) is 1. The normalized spacial score (nSPS) is 22.6. The van der Waals surface area contributed by atoms with Crippen LogP contribution in [0.15, 0.2) is 35.5 Å². The van der Waals surface area contributed by atoms with Gasteiger partial charge in [-0.05, 0) is 18.2 Å². The highest BCUT2D eigenvalue weighted by Gasteiger charge is 2.63. The number of methoxy groups -OCH3 is 2. The van der Waals surface area contributed by atoms with E-state index in [4.69, 9.17) is 14.0 Å². The van der Waals surface area contributed by atoms with Crippen LogP contribution in [0, 0.1) is 11.6 Å². The molecular weight excluding hydrogens is 491 g/mol. The van der Waals surface area contributed by atoms with E-state index in [0.29, 0.717) is 11.0 Å². The molecule has 1 aromatic carbocycles. The number of sulfonamides is 1. The number of halogens is 5. The van der Waals surface area contributed by atoms with E-state index in [1.165, 1.54) is 0 Å². The summed E-state index contributed by atoms with van der Waals surface area (Å²) in [6, 6.07) is 1.50. The van der Waals surface area contributed by atoms with Crippen LogP contribution in [0.2, 0.25) is 0 Å². The summed E-state index contributed by atoms with van der Waals surface area (Å²) in [5.74, 6) is -5.00. The number of aromatic nitrogens is 1. The van der Waals surface area contributed by atoms with Crippen LogP contribution in [-0.2, 0) is 19.6 Å². The fourth-order valence-electron chi connectivity index (χ4n) is 3.51. The molecule has 2 unspecified atom stereocenters. The second-order valence-corrected chi connectivity index (χ2v) is 8.78. The zero-order chi connectivity index (χ0) is 28.0. The highest BCUT2D eigenvalue weighted by atomic mass is 32.2. The number of amides is 1. The van der Waals surface area contributed by atoms with Crippen molar-refractivity contribution in [2.45, 2.75) is 29.3 Å². The molecule has 1 fully saturated rings. The number of primary sulfonamides is 1. The molecule has 0 saturated carbocycles. The summed E-state index contributed by atoms with van der Waals surface area (Å²) >= 11 is 0. The Morgan fingerprint density at radius 3 is 2.65 bits per heavy atom. The lowest BCUT2D eigenvalue weighted by atomic mass is 9.99. The molecule has 3 rings (SSSR count). The SMILES string of the molecule is [2H]C([2H])([2H])OC1(C(F)(F)F)CC(C(=O)Nc2ccnc(S(N)(=O)=O)c2)N(c2ccc(F)c(F)c2OC)C1. The molecule has 2 heterocycles. The first-order chi connectivity index (χ1) is 16.9.